The molecule has 6 heteroatoms. The number of amides is 1. The van der Waals surface area contributed by atoms with E-state index in [0.717, 1.165) is 16.3 Å². The van der Waals surface area contributed by atoms with E-state index in [4.69, 9.17) is 15.2 Å². The smallest absolute Gasteiger partial charge is 0.227 e. The molecule has 5 nitrogen and oxygen atoms in total. The summed E-state index contributed by atoms with van der Waals surface area (Å²) in [6.45, 7) is 5.62. The Balaban J connectivity index is 1.85. The minimum Gasteiger partial charge on any atom is -0.486 e. The van der Waals surface area contributed by atoms with Gasteiger partial charge >= 0.3 is 0 Å². The zero-order chi connectivity index (χ0) is 17.8. The van der Waals surface area contributed by atoms with Gasteiger partial charge in [0.15, 0.2) is 11.5 Å². The largest absolute Gasteiger partial charge is 0.486 e. The Morgan fingerprint density at radius 1 is 1.24 bits per heavy atom. The molecule has 1 unspecified atom stereocenters. The summed E-state index contributed by atoms with van der Waals surface area (Å²) in [4.78, 5) is 17.0. The molecule has 2 aromatic rings. The number of aryl methyl sites for hydroxylation is 1. The van der Waals surface area contributed by atoms with Crippen molar-refractivity contribution in [1.82, 2.24) is 0 Å². The van der Waals surface area contributed by atoms with Crippen LogP contribution in [0.4, 0.5) is 5.69 Å². The molecular formula is C19H24N2O3S. The van der Waals surface area contributed by atoms with Crippen LogP contribution in [0.2, 0.25) is 0 Å². The molecule has 1 aliphatic heterocycles. The average molecular weight is 360 g/mol. The molecule has 0 bridgehead atoms. The van der Waals surface area contributed by atoms with Crippen molar-refractivity contribution >= 4 is 22.9 Å². The van der Waals surface area contributed by atoms with Gasteiger partial charge in [-0.1, -0.05) is 0 Å². The van der Waals surface area contributed by atoms with E-state index in [-0.39, 0.29) is 11.9 Å². The van der Waals surface area contributed by atoms with Crippen LogP contribution in [0.25, 0.3) is 0 Å². The topological polar surface area (TPSA) is 64.8 Å². The molecule has 1 atom stereocenters. The summed E-state index contributed by atoms with van der Waals surface area (Å²) in [6, 6.07) is 9.83. The predicted octanol–water partition coefficient (Wildman–Crippen LogP) is 3.49. The SMILES string of the molecule is Cc1ccc(CN(C(=O)CCC(C)N)c2ccc3c(c2)OCCO3)s1. The normalized spacial score (nSPS) is 14.2. The molecular weight excluding hydrogens is 336 g/mol. The molecule has 0 saturated carbocycles. The van der Waals surface area contributed by atoms with Crippen LogP contribution in [0, 0.1) is 6.92 Å². The second-order valence-corrected chi connectivity index (χ2v) is 7.71. The first-order valence-electron chi connectivity index (χ1n) is 8.54. The summed E-state index contributed by atoms with van der Waals surface area (Å²) in [7, 11) is 0. The van der Waals surface area contributed by atoms with Gasteiger partial charge in [-0.05, 0) is 44.5 Å². The number of hydrogen-bond acceptors (Lipinski definition) is 5. The van der Waals surface area contributed by atoms with Gasteiger partial charge in [0.05, 0.1) is 6.54 Å². The lowest BCUT2D eigenvalue weighted by molar-refractivity contribution is -0.118. The lowest BCUT2D eigenvalue weighted by atomic mass is 10.1. The van der Waals surface area contributed by atoms with Crippen LogP contribution >= 0.6 is 11.3 Å². The Labute approximate surface area is 152 Å². The Morgan fingerprint density at radius 2 is 2.00 bits per heavy atom. The summed E-state index contributed by atoms with van der Waals surface area (Å²) in [5.74, 6) is 1.49. The van der Waals surface area contributed by atoms with Crippen LogP contribution in [-0.2, 0) is 11.3 Å². The lowest BCUT2D eigenvalue weighted by Crippen LogP contribution is -2.31. The van der Waals surface area contributed by atoms with Crippen molar-refractivity contribution in [2.24, 2.45) is 5.73 Å². The van der Waals surface area contributed by atoms with Gasteiger partial charge in [-0.3, -0.25) is 4.79 Å². The second-order valence-electron chi connectivity index (χ2n) is 6.34. The van der Waals surface area contributed by atoms with E-state index in [2.05, 4.69) is 19.1 Å². The number of thiophene rings is 1. The Morgan fingerprint density at radius 3 is 2.68 bits per heavy atom. The third-order valence-corrected chi connectivity index (χ3v) is 5.05. The molecule has 0 spiro atoms. The summed E-state index contributed by atoms with van der Waals surface area (Å²) in [6.07, 6.45) is 1.10. The molecule has 3 rings (SSSR count). The van der Waals surface area contributed by atoms with Crippen molar-refractivity contribution in [3.8, 4) is 11.5 Å². The Hall–Kier alpha value is -2.05. The maximum atomic E-state index is 12.8. The molecule has 25 heavy (non-hydrogen) atoms. The van der Waals surface area contributed by atoms with Gasteiger partial charge in [0.1, 0.15) is 13.2 Å². The predicted molar refractivity (Wildman–Crippen MR) is 101 cm³/mol. The number of benzene rings is 1. The van der Waals surface area contributed by atoms with Crippen molar-refractivity contribution in [2.45, 2.75) is 39.3 Å². The van der Waals surface area contributed by atoms with Gasteiger partial charge in [-0.25, -0.2) is 0 Å². The van der Waals surface area contributed by atoms with Crippen molar-refractivity contribution in [3.63, 3.8) is 0 Å². The number of ether oxygens (including phenoxy) is 2. The van der Waals surface area contributed by atoms with Crippen molar-refractivity contribution in [2.75, 3.05) is 18.1 Å². The first-order chi connectivity index (χ1) is 12.0. The molecule has 1 amide bonds. The van der Waals surface area contributed by atoms with E-state index in [1.807, 2.05) is 30.0 Å². The standard InChI is InChI=1S/C19H24N2O3S/c1-13(20)3-8-19(22)21(12-16-6-4-14(2)25-16)15-5-7-17-18(11-15)24-10-9-23-17/h4-7,11,13H,3,8-10,12,20H2,1-2H3. The maximum Gasteiger partial charge on any atom is 0.227 e. The van der Waals surface area contributed by atoms with Crippen LogP contribution < -0.4 is 20.1 Å². The number of carbonyl (C=O) groups excluding carboxylic acids is 1. The molecule has 1 aromatic heterocycles. The minimum atomic E-state index is 0.00930. The third-order valence-electron chi connectivity index (χ3n) is 4.06. The fraction of sp³-hybridized carbons (Fsp3) is 0.421. The fourth-order valence-electron chi connectivity index (χ4n) is 2.74. The fourth-order valence-corrected chi connectivity index (χ4v) is 3.61. The molecule has 1 aromatic carbocycles. The van der Waals surface area contributed by atoms with E-state index in [1.165, 1.54) is 4.88 Å². The van der Waals surface area contributed by atoms with Gasteiger partial charge < -0.3 is 20.1 Å². The molecule has 0 radical (unpaired) electrons. The quantitative estimate of drug-likeness (QED) is 0.856. The zero-order valence-corrected chi connectivity index (χ0v) is 15.5. The molecule has 1 aliphatic rings. The molecule has 2 heterocycles. The van der Waals surface area contributed by atoms with Crippen molar-refractivity contribution in [1.29, 1.82) is 0 Å². The van der Waals surface area contributed by atoms with E-state index in [9.17, 15) is 4.79 Å². The molecule has 2 N–H and O–H groups in total. The van der Waals surface area contributed by atoms with Crippen LogP contribution in [0.1, 0.15) is 29.5 Å². The highest BCUT2D eigenvalue weighted by Crippen LogP contribution is 2.35. The molecule has 0 saturated heterocycles. The first-order valence-corrected chi connectivity index (χ1v) is 9.35. The van der Waals surface area contributed by atoms with Crippen molar-refractivity contribution in [3.05, 3.63) is 40.1 Å². The average Bonchev–Trinajstić information content (AvgIpc) is 3.02. The summed E-state index contributed by atoms with van der Waals surface area (Å²) < 4.78 is 11.2. The number of anilines is 1. The monoisotopic (exact) mass is 360 g/mol. The van der Waals surface area contributed by atoms with Crippen LogP contribution in [0.5, 0.6) is 11.5 Å². The summed E-state index contributed by atoms with van der Waals surface area (Å²) >= 11 is 1.71. The number of carbonyl (C=O) groups is 1. The number of hydrogen-bond donors (Lipinski definition) is 1. The Bertz CT molecular complexity index is 742. The lowest BCUT2D eigenvalue weighted by Gasteiger charge is -2.25. The number of nitrogens with two attached hydrogens (primary N) is 1. The highest BCUT2D eigenvalue weighted by atomic mass is 32.1. The van der Waals surface area contributed by atoms with Gasteiger partial charge in [0, 0.05) is 34.0 Å². The number of fused-ring (bicyclic) bond motifs is 1. The third kappa shape index (κ3) is 4.52. The molecule has 0 aliphatic carbocycles. The molecule has 134 valence electrons. The highest BCUT2D eigenvalue weighted by molar-refractivity contribution is 7.11. The molecule has 0 fully saturated rings. The summed E-state index contributed by atoms with van der Waals surface area (Å²) in [5, 5.41) is 0. The zero-order valence-electron chi connectivity index (χ0n) is 14.7. The highest BCUT2D eigenvalue weighted by Gasteiger charge is 2.20. The van der Waals surface area contributed by atoms with Crippen LogP contribution in [-0.4, -0.2) is 25.2 Å². The van der Waals surface area contributed by atoms with Gasteiger partial charge in [-0.2, -0.15) is 0 Å². The number of nitrogens with zero attached hydrogens (tertiary/aromatic N) is 1. The summed E-state index contributed by atoms with van der Waals surface area (Å²) in [5.41, 5.74) is 6.65. The van der Waals surface area contributed by atoms with Gasteiger partial charge in [0.2, 0.25) is 5.91 Å². The second kappa shape index (κ2) is 7.89. The van der Waals surface area contributed by atoms with Gasteiger partial charge in [-0.15, -0.1) is 11.3 Å². The minimum absolute atomic E-state index is 0.00930. The van der Waals surface area contributed by atoms with E-state index in [0.29, 0.717) is 38.3 Å². The van der Waals surface area contributed by atoms with E-state index in [1.54, 1.807) is 11.3 Å². The van der Waals surface area contributed by atoms with Gasteiger partial charge in [0.25, 0.3) is 0 Å². The van der Waals surface area contributed by atoms with Crippen LogP contribution in [0.3, 0.4) is 0 Å². The van der Waals surface area contributed by atoms with E-state index >= 15 is 0 Å². The van der Waals surface area contributed by atoms with Crippen LogP contribution in [0.15, 0.2) is 30.3 Å². The Kier molecular flexibility index (Phi) is 5.60. The number of rotatable bonds is 6. The van der Waals surface area contributed by atoms with Crippen molar-refractivity contribution < 1.29 is 14.3 Å². The van der Waals surface area contributed by atoms with E-state index < -0.39 is 0 Å². The first kappa shape index (κ1) is 17.8. The maximum absolute atomic E-state index is 12.8.